The van der Waals surface area contributed by atoms with Gasteiger partial charge in [-0.15, -0.1) is 11.3 Å². The van der Waals surface area contributed by atoms with E-state index in [-0.39, 0.29) is 5.82 Å². The molecule has 11 heteroatoms. The van der Waals surface area contributed by atoms with Crippen LogP contribution in [0.2, 0.25) is 0 Å². The van der Waals surface area contributed by atoms with Crippen LogP contribution in [0.5, 0.6) is 0 Å². The van der Waals surface area contributed by atoms with E-state index in [1.54, 1.807) is 12.3 Å². The van der Waals surface area contributed by atoms with E-state index in [9.17, 15) is 27.5 Å². The molecule has 2 heterocycles. The van der Waals surface area contributed by atoms with Crippen LogP contribution < -0.4 is 10.6 Å². The van der Waals surface area contributed by atoms with Gasteiger partial charge in [0.05, 0.1) is 16.1 Å². The summed E-state index contributed by atoms with van der Waals surface area (Å²) < 4.78 is 52.2. The minimum absolute atomic E-state index is 0.123. The van der Waals surface area contributed by atoms with Crippen LogP contribution in [0, 0.1) is 5.82 Å². The average molecular weight is 466 g/mol. The Hall–Kier alpha value is -3.05. The maximum absolute atomic E-state index is 13.8. The number of nitrogens with one attached hydrogen (secondary N) is 2. The maximum atomic E-state index is 13.8. The van der Waals surface area contributed by atoms with Crippen LogP contribution in [0.4, 0.5) is 33.9 Å². The number of carbonyl (C=O) groups is 1. The number of amides is 2. The standard InChI is InChI=1S/C21H18F4N4O2S/c22-14-5-4-13(21(23,24)25)9-15(14)28-19(30)29-17-6-3-12(10-26-17)16-11-27-18(32-16)20(31)7-1-2-8-20/h3-6,9-11,31H,1-2,7-8H2,(H2,26,28,29,30). The van der Waals surface area contributed by atoms with Gasteiger partial charge in [0.1, 0.15) is 22.2 Å². The second-order valence-electron chi connectivity index (χ2n) is 7.47. The zero-order valence-electron chi connectivity index (χ0n) is 16.5. The van der Waals surface area contributed by atoms with Crippen molar-refractivity contribution in [2.75, 3.05) is 10.6 Å². The van der Waals surface area contributed by atoms with Gasteiger partial charge in [-0.05, 0) is 43.2 Å². The summed E-state index contributed by atoms with van der Waals surface area (Å²) in [6.45, 7) is 0. The Bertz CT molecular complexity index is 1130. The molecule has 3 aromatic rings. The lowest BCUT2D eigenvalue weighted by Gasteiger charge is -2.18. The van der Waals surface area contributed by atoms with Gasteiger partial charge in [-0.1, -0.05) is 12.8 Å². The van der Waals surface area contributed by atoms with Crippen LogP contribution >= 0.6 is 11.3 Å². The van der Waals surface area contributed by atoms with Gasteiger partial charge in [-0.2, -0.15) is 13.2 Å². The van der Waals surface area contributed by atoms with E-state index >= 15 is 0 Å². The van der Waals surface area contributed by atoms with Gasteiger partial charge in [-0.3, -0.25) is 5.32 Å². The molecule has 4 rings (SSSR count). The molecule has 1 fully saturated rings. The first-order valence-corrected chi connectivity index (χ1v) is 10.6. The van der Waals surface area contributed by atoms with Crippen molar-refractivity contribution < 1.29 is 27.5 Å². The summed E-state index contributed by atoms with van der Waals surface area (Å²) in [5, 5.41) is 15.7. The largest absolute Gasteiger partial charge is 0.416 e. The predicted molar refractivity (Wildman–Crippen MR) is 112 cm³/mol. The fourth-order valence-corrected chi connectivity index (χ4v) is 4.53. The van der Waals surface area contributed by atoms with E-state index in [1.165, 1.54) is 23.6 Å². The molecule has 2 amide bonds. The number of aliphatic hydroxyl groups is 1. The molecule has 0 aliphatic heterocycles. The van der Waals surface area contributed by atoms with Crippen molar-refractivity contribution >= 4 is 28.9 Å². The first-order chi connectivity index (χ1) is 15.1. The number of aromatic nitrogens is 2. The van der Waals surface area contributed by atoms with E-state index in [4.69, 9.17) is 0 Å². The summed E-state index contributed by atoms with van der Waals surface area (Å²) in [5.41, 5.74) is -1.83. The first-order valence-electron chi connectivity index (χ1n) is 9.74. The van der Waals surface area contributed by atoms with Crippen molar-refractivity contribution in [1.29, 1.82) is 0 Å². The molecule has 1 aliphatic rings. The number of thiazole rings is 1. The van der Waals surface area contributed by atoms with Crippen LogP contribution in [-0.2, 0) is 11.8 Å². The van der Waals surface area contributed by atoms with E-state index in [0.717, 1.165) is 23.3 Å². The highest BCUT2D eigenvalue weighted by Crippen LogP contribution is 2.42. The molecule has 1 saturated carbocycles. The van der Waals surface area contributed by atoms with E-state index < -0.39 is 34.9 Å². The van der Waals surface area contributed by atoms with Crippen LogP contribution in [0.15, 0.2) is 42.7 Å². The van der Waals surface area contributed by atoms with Gasteiger partial charge >= 0.3 is 12.2 Å². The van der Waals surface area contributed by atoms with Crippen molar-refractivity contribution in [2.24, 2.45) is 0 Å². The Kier molecular flexibility index (Phi) is 5.87. The number of hydrogen-bond acceptors (Lipinski definition) is 5. The molecule has 0 spiro atoms. The summed E-state index contributed by atoms with van der Waals surface area (Å²) in [6, 6.07) is 3.99. The highest BCUT2D eigenvalue weighted by molar-refractivity contribution is 7.15. The van der Waals surface area contributed by atoms with Gasteiger partial charge in [0.15, 0.2) is 0 Å². The molecule has 168 valence electrons. The van der Waals surface area contributed by atoms with Crippen molar-refractivity contribution in [3.8, 4) is 10.4 Å². The SMILES string of the molecule is O=C(Nc1ccc(-c2cnc(C3(O)CCCC3)s2)cn1)Nc1cc(C(F)(F)F)ccc1F. The van der Waals surface area contributed by atoms with Gasteiger partial charge in [0.2, 0.25) is 0 Å². The topological polar surface area (TPSA) is 87.1 Å². The zero-order valence-corrected chi connectivity index (χ0v) is 17.4. The van der Waals surface area contributed by atoms with Gasteiger partial charge < -0.3 is 10.4 Å². The van der Waals surface area contributed by atoms with Crippen molar-refractivity contribution in [1.82, 2.24) is 9.97 Å². The predicted octanol–water partition coefficient (Wildman–Crippen LogP) is 5.77. The van der Waals surface area contributed by atoms with E-state index in [2.05, 4.69) is 20.6 Å². The first kappa shape index (κ1) is 22.2. The van der Waals surface area contributed by atoms with Crippen LogP contribution in [0.3, 0.4) is 0 Å². The van der Waals surface area contributed by atoms with Crippen molar-refractivity contribution in [2.45, 2.75) is 37.5 Å². The summed E-state index contributed by atoms with van der Waals surface area (Å²) in [7, 11) is 0. The number of alkyl halides is 3. The average Bonchev–Trinajstić information content (AvgIpc) is 3.40. The van der Waals surface area contributed by atoms with Gasteiger partial charge in [0.25, 0.3) is 0 Å². The normalized spacial score (nSPS) is 15.5. The van der Waals surface area contributed by atoms with Crippen LogP contribution in [-0.4, -0.2) is 21.1 Å². The lowest BCUT2D eigenvalue weighted by molar-refractivity contribution is -0.137. The minimum Gasteiger partial charge on any atom is -0.383 e. The molecular formula is C21H18F4N4O2S. The number of halogens is 4. The molecule has 0 atom stereocenters. The lowest BCUT2D eigenvalue weighted by Crippen LogP contribution is -2.21. The van der Waals surface area contributed by atoms with E-state index in [1.807, 2.05) is 0 Å². The molecule has 0 bridgehead atoms. The fraction of sp³-hybridized carbons (Fsp3) is 0.286. The monoisotopic (exact) mass is 466 g/mol. The number of urea groups is 1. The maximum Gasteiger partial charge on any atom is 0.416 e. The Morgan fingerprint density at radius 3 is 2.47 bits per heavy atom. The molecule has 0 saturated heterocycles. The molecule has 1 aromatic carbocycles. The second-order valence-corrected chi connectivity index (χ2v) is 8.50. The highest BCUT2D eigenvalue weighted by Gasteiger charge is 2.36. The second kappa shape index (κ2) is 8.47. The summed E-state index contributed by atoms with van der Waals surface area (Å²) >= 11 is 1.37. The number of pyridine rings is 1. The van der Waals surface area contributed by atoms with Gasteiger partial charge in [-0.25, -0.2) is 19.2 Å². The van der Waals surface area contributed by atoms with Crippen LogP contribution in [0.1, 0.15) is 36.3 Å². The number of benzene rings is 1. The fourth-order valence-electron chi connectivity index (χ4n) is 3.48. The molecule has 0 radical (unpaired) electrons. The number of anilines is 2. The van der Waals surface area contributed by atoms with Crippen molar-refractivity contribution in [3.05, 3.63) is 59.1 Å². The summed E-state index contributed by atoms with van der Waals surface area (Å²) in [5.74, 6) is -0.876. The number of rotatable bonds is 4. The molecule has 1 aliphatic carbocycles. The number of nitrogens with zero attached hydrogens (tertiary/aromatic N) is 2. The Morgan fingerprint density at radius 2 is 1.81 bits per heavy atom. The zero-order chi connectivity index (χ0) is 22.9. The molecule has 3 N–H and O–H groups in total. The molecule has 2 aromatic heterocycles. The molecular weight excluding hydrogens is 448 g/mol. The van der Waals surface area contributed by atoms with Gasteiger partial charge in [0, 0.05) is 18.0 Å². The third-order valence-corrected chi connectivity index (χ3v) is 6.41. The summed E-state index contributed by atoms with van der Waals surface area (Å²) in [4.78, 5) is 21.3. The lowest BCUT2D eigenvalue weighted by atomic mass is 10.0. The molecule has 6 nitrogen and oxygen atoms in total. The number of hydrogen-bond donors (Lipinski definition) is 3. The Balaban J connectivity index is 1.42. The van der Waals surface area contributed by atoms with Crippen molar-refractivity contribution in [3.63, 3.8) is 0 Å². The third kappa shape index (κ3) is 4.73. The third-order valence-electron chi connectivity index (χ3n) is 5.17. The summed E-state index contributed by atoms with van der Waals surface area (Å²) in [6.07, 6.45) is 1.77. The Morgan fingerprint density at radius 1 is 1.06 bits per heavy atom. The smallest absolute Gasteiger partial charge is 0.383 e. The Labute approximate surface area is 184 Å². The molecule has 0 unspecified atom stereocenters. The number of carbonyl (C=O) groups excluding carboxylic acids is 1. The van der Waals surface area contributed by atoms with E-state index in [0.29, 0.717) is 36.0 Å². The van der Waals surface area contributed by atoms with Crippen LogP contribution in [0.25, 0.3) is 10.4 Å². The quantitative estimate of drug-likeness (QED) is 0.426. The molecule has 32 heavy (non-hydrogen) atoms. The minimum atomic E-state index is -4.66. The highest BCUT2D eigenvalue weighted by atomic mass is 32.1.